The number of nitrogens with one attached hydrogen (secondary N) is 3. The Bertz CT molecular complexity index is 3140. The van der Waals surface area contributed by atoms with Crippen molar-refractivity contribution < 1.29 is 88.6 Å². The van der Waals surface area contributed by atoms with Gasteiger partial charge in [-0.1, -0.05) is 46.0 Å². The van der Waals surface area contributed by atoms with Crippen LogP contribution in [0.2, 0.25) is 0 Å². The average Bonchev–Trinajstić information content (AvgIpc) is 1.48. The first-order chi connectivity index (χ1) is 50.5. The molecule has 0 radical (unpaired) electrons. The van der Waals surface area contributed by atoms with Crippen molar-refractivity contribution in [3.63, 3.8) is 0 Å². The number of likely N-dealkylation sites (N-methyl/N-ethyl adjacent to an activating group) is 7. The zero-order chi connectivity index (χ0) is 78.7. The Hall–Kier alpha value is -6.47. The highest BCUT2D eigenvalue weighted by Crippen LogP contribution is 2.45. The second-order valence-corrected chi connectivity index (χ2v) is 33.5. The molecule has 2 bridgehead atoms. The lowest BCUT2D eigenvalue weighted by Crippen LogP contribution is -2.68. The first kappa shape index (κ1) is 86.1. The van der Waals surface area contributed by atoms with Crippen LogP contribution < -0.4 is 16.0 Å². The molecule has 13 atom stereocenters. The first-order valence-electron chi connectivity index (χ1n) is 39.0. The van der Waals surface area contributed by atoms with E-state index in [-0.39, 0.29) is 88.7 Å². The van der Waals surface area contributed by atoms with Gasteiger partial charge < -0.3 is 64.8 Å². The topological polar surface area (TPSA) is 279 Å². The third kappa shape index (κ3) is 21.0. The van der Waals surface area contributed by atoms with Crippen LogP contribution in [0.4, 0.5) is 26.3 Å². The Morgan fingerprint density at radius 1 is 0.626 bits per heavy atom. The summed E-state index contributed by atoms with van der Waals surface area (Å²) in [5.41, 5.74) is -1.66. The number of rotatable bonds is 13. The lowest BCUT2D eigenvalue weighted by Gasteiger charge is -2.46. The van der Waals surface area contributed by atoms with Crippen LogP contribution in [0.3, 0.4) is 0 Å². The van der Waals surface area contributed by atoms with Crippen LogP contribution in [0.5, 0.6) is 0 Å². The van der Waals surface area contributed by atoms with Gasteiger partial charge in [-0.15, -0.1) is 0 Å². The van der Waals surface area contributed by atoms with E-state index in [1.807, 2.05) is 6.92 Å². The summed E-state index contributed by atoms with van der Waals surface area (Å²) in [6, 6.07) is -10.7. The number of carbonyl (C=O) groups excluding carboxylic acids is 12. The van der Waals surface area contributed by atoms with Crippen molar-refractivity contribution in [3.05, 3.63) is 0 Å². The molecule has 8 rings (SSSR count). The smallest absolute Gasteiger partial charge is 0.377 e. The standard InChI is InChI=1S/C75H118F6N12O13S/c1-12-44(3)63-71(103)87(7)43-61(96)88(8)54-24-15-14-18-33-92(70(54)102)58(37-45-25-28-48(76)29-26-45)69(101)86(6)42-59(94)82-53(30-27-46-35-51(77)62(52(78)36-46)75(79,80)81)67(99)93-41-49(106-13-2)38-56(93)66(98)84-74(31-20-32-74)73(105)91(11)64(47-21-16-17-22-47)72(104)90(10)57(68(100)85(4)5)40-60(95)89(9)55(65(97)83-63)39-50-23-19-34-107-50/h44-58,62-64H,12-43H2,1-11H3,(H,82,94)(H,83,97)(H,84,98)/t44-,45?,46?,48?,49+,50?,51?,52?,53-,54-,55-,56-,57-,58-,62?,63-,64-/m0/s1. The molecular weight excluding hydrogens is 1420 g/mol. The van der Waals surface area contributed by atoms with Gasteiger partial charge in [0.1, 0.15) is 78.3 Å². The molecule has 12 amide bonds. The number of carbonyl (C=O) groups is 12. The van der Waals surface area contributed by atoms with Crippen LogP contribution in [-0.4, -0.2) is 300 Å². The second kappa shape index (κ2) is 38.0. The van der Waals surface area contributed by atoms with E-state index in [4.69, 9.17) is 4.74 Å². The molecule has 3 N–H and O–H groups in total. The van der Waals surface area contributed by atoms with Gasteiger partial charge in [-0.05, 0) is 158 Å². The number of nitrogens with zero attached hydrogens (tertiary/aromatic N) is 9. The maximum absolute atomic E-state index is 15.6. The van der Waals surface area contributed by atoms with E-state index in [1.165, 1.54) is 80.9 Å². The van der Waals surface area contributed by atoms with E-state index in [9.17, 15) is 36.7 Å². The zero-order valence-electron chi connectivity index (χ0n) is 64.5. The maximum Gasteiger partial charge on any atom is 0.397 e. The molecule has 25 nitrogen and oxygen atoms in total. The monoisotopic (exact) mass is 1540 g/mol. The highest BCUT2D eigenvalue weighted by atomic mass is 32.2. The third-order valence-electron chi connectivity index (χ3n) is 24.5. The normalized spacial score (nSPS) is 33.2. The van der Waals surface area contributed by atoms with Crippen molar-refractivity contribution in [2.75, 3.05) is 94.9 Å². The van der Waals surface area contributed by atoms with Crippen molar-refractivity contribution in [2.45, 2.75) is 278 Å². The van der Waals surface area contributed by atoms with Crippen LogP contribution in [0.15, 0.2) is 0 Å². The van der Waals surface area contributed by atoms with Gasteiger partial charge in [-0.2, -0.15) is 24.9 Å². The average molecular weight is 1540 g/mol. The summed E-state index contributed by atoms with van der Waals surface area (Å²) in [6.07, 6.45) is -7.27. The third-order valence-corrected chi connectivity index (χ3v) is 25.9. The van der Waals surface area contributed by atoms with Crippen LogP contribution in [0, 0.1) is 29.6 Å². The fourth-order valence-electron chi connectivity index (χ4n) is 17.6. The lowest BCUT2D eigenvalue weighted by atomic mass is 9.74. The van der Waals surface area contributed by atoms with Crippen LogP contribution in [-0.2, 0) is 62.3 Å². The quantitative estimate of drug-likeness (QED) is 0.179. The molecule has 32 heteroatoms. The van der Waals surface area contributed by atoms with Gasteiger partial charge in [0, 0.05) is 87.7 Å². The zero-order valence-corrected chi connectivity index (χ0v) is 65.3. The summed E-state index contributed by atoms with van der Waals surface area (Å²) >= 11 is 1.64. The van der Waals surface area contributed by atoms with Gasteiger partial charge in [0.2, 0.25) is 70.9 Å². The fourth-order valence-corrected chi connectivity index (χ4v) is 18.9. The molecule has 4 aliphatic carbocycles. The van der Waals surface area contributed by atoms with Crippen molar-refractivity contribution in [2.24, 2.45) is 29.6 Å². The van der Waals surface area contributed by atoms with E-state index < -0.39 is 218 Å². The number of amides is 12. The highest BCUT2D eigenvalue weighted by Gasteiger charge is 2.56. The van der Waals surface area contributed by atoms with Gasteiger partial charge in [-0.3, -0.25) is 57.5 Å². The molecule has 8 aliphatic rings. The molecule has 0 aromatic heterocycles. The van der Waals surface area contributed by atoms with Gasteiger partial charge in [0.15, 0.2) is 0 Å². The number of fused-ring (bicyclic) bond motifs is 3. The summed E-state index contributed by atoms with van der Waals surface area (Å²) in [6.45, 7) is 3.85. The molecule has 4 aliphatic heterocycles. The van der Waals surface area contributed by atoms with Crippen LogP contribution >= 0.6 is 11.8 Å². The van der Waals surface area contributed by atoms with E-state index >= 15 is 47.1 Å². The molecule has 3 unspecified atom stereocenters. The summed E-state index contributed by atoms with van der Waals surface area (Å²) in [4.78, 5) is 193. The predicted molar refractivity (Wildman–Crippen MR) is 387 cm³/mol. The molecular formula is C75H118F6N12O13S. The van der Waals surface area contributed by atoms with E-state index in [0.29, 0.717) is 70.6 Å². The van der Waals surface area contributed by atoms with Crippen molar-refractivity contribution >= 4 is 82.6 Å². The van der Waals surface area contributed by atoms with Gasteiger partial charge >= 0.3 is 6.18 Å². The Kier molecular flexibility index (Phi) is 30.6. The Morgan fingerprint density at radius 2 is 1.27 bits per heavy atom. The van der Waals surface area contributed by atoms with Crippen LogP contribution in [0.25, 0.3) is 0 Å². The Morgan fingerprint density at radius 3 is 1.86 bits per heavy atom. The van der Waals surface area contributed by atoms with Gasteiger partial charge in [0.25, 0.3) is 0 Å². The van der Waals surface area contributed by atoms with E-state index in [0.717, 1.165) is 38.2 Å². The number of hydrogen-bond donors (Lipinski definition) is 3. The second-order valence-electron chi connectivity index (χ2n) is 32.1. The van der Waals surface area contributed by atoms with Gasteiger partial charge in [0.05, 0.1) is 25.6 Å². The van der Waals surface area contributed by atoms with Crippen molar-refractivity contribution in [3.8, 4) is 0 Å². The van der Waals surface area contributed by atoms with E-state index in [2.05, 4.69) is 16.0 Å². The summed E-state index contributed by atoms with van der Waals surface area (Å²) in [5, 5.41) is 8.52. The minimum Gasteiger partial charge on any atom is -0.377 e. The van der Waals surface area contributed by atoms with Crippen molar-refractivity contribution in [1.29, 1.82) is 0 Å². The SMILES string of the molecule is CCO[C@@H]1C[C@H]2C(=O)NC3(CCC3)C(=O)N(C)[C@@H](C3CCCC3)C(=O)N(C)[C@H](C(=O)N(C)C)CC(=O)N(C)[C@@H](CC3CCCS3)C(=O)N[C@@H]([C@@H](C)CC)C(=O)N(C)CC(=O)N(C)[C@H]3CCCCCN(C3=O)[C@@H](CC3CCC(F)CC3)C(=O)N(C)CC(=O)N[C@@H](CCC3CC(F)C(C(F)(F)F)C(F)C3)C(=O)N2C1. The molecule has 0 aromatic rings. The summed E-state index contributed by atoms with van der Waals surface area (Å²) in [7, 11) is 11.3. The van der Waals surface area contributed by atoms with Crippen LogP contribution in [0.1, 0.15) is 188 Å². The molecule has 604 valence electrons. The number of alkyl halides is 6. The van der Waals surface area contributed by atoms with Gasteiger partial charge in [-0.25, -0.2) is 13.2 Å². The molecule has 8 fully saturated rings. The lowest BCUT2D eigenvalue weighted by molar-refractivity contribution is -0.219. The molecule has 4 saturated carbocycles. The predicted octanol–water partition coefficient (Wildman–Crippen LogP) is 5.97. The summed E-state index contributed by atoms with van der Waals surface area (Å²) < 4.78 is 93.7. The minimum atomic E-state index is -5.19. The fraction of sp³-hybridized carbons (Fsp3) is 0.840. The van der Waals surface area contributed by atoms with Crippen molar-refractivity contribution in [1.82, 2.24) is 60.0 Å². The first-order valence-corrected chi connectivity index (χ1v) is 40.1. The maximum atomic E-state index is 15.6. The molecule has 107 heavy (non-hydrogen) atoms. The molecule has 4 heterocycles. The number of thioether (sulfide) groups is 1. The molecule has 4 saturated heterocycles. The minimum absolute atomic E-state index is 0.0366. The number of halogens is 6. The highest BCUT2D eigenvalue weighted by molar-refractivity contribution is 8.00. The Labute approximate surface area is 630 Å². The largest absolute Gasteiger partial charge is 0.397 e. The summed E-state index contributed by atoms with van der Waals surface area (Å²) in [5.74, 6) is -13.0. The number of hydrogen-bond acceptors (Lipinski definition) is 14. The van der Waals surface area contributed by atoms with E-state index in [1.54, 1.807) is 25.6 Å². The molecule has 0 aromatic carbocycles. The number of ether oxygens (including phenoxy) is 1. The molecule has 1 spiro atoms. The Balaban J connectivity index is 1.20.